The van der Waals surface area contributed by atoms with E-state index in [0.717, 1.165) is 31.5 Å². The standard InChI is InChI=1S/C28H32N4O4/c1-31-16-15-29-26(31)18-36-21-13-11-20(12-14-21)30-27(33)24-17-19-7-3-5-9-23(19)32(24)28(34)22-8-4-6-10-25(22)35-2/h4,6,8,10-16,19,23-24H,3,5,7,9,17-18H2,1-2H3,(H,30,33). The maximum atomic E-state index is 13.7. The molecule has 188 valence electrons. The van der Waals surface area contributed by atoms with Gasteiger partial charge in [0.2, 0.25) is 5.91 Å². The lowest BCUT2D eigenvalue weighted by molar-refractivity contribution is -0.120. The topological polar surface area (TPSA) is 85.7 Å². The predicted octanol–water partition coefficient (Wildman–Crippen LogP) is 4.42. The van der Waals surface area contributed by atoms with Gasteiger partial charge in [-0.1, -0.05) is 25.0 Å². The van der Waals surface area contributed by atoms with Crippen molar-refractivity contribution < 1.29 is 19.1 Å². The molecule has 0 spiro atoms. The number of anilines is 1. The third-order valence-electron chi connectivity index (χ3n) is 7.37. The first-order valence-corrected chi connectivity index (χ1v) is 12.5. The number of hydrogen-bond acceptors (Lipinski definition) is 5. The van der Waals surface area contributed by atoms with Crippen LogP contribution in [-0.2, 0) is 18.4 Å². The van der Waals surface area contributed by atoms with Gasteiger partial charge in [0.15, 0.2) is 0 Å². The van der Waals surface area contributed by atoms with Gasteiger partial charge in [-0.3, -0.25) is 9.59 Å². The first kappa shape index (κ1) is 23.9. The van der Waals surface area contributed by atoms with Crippen LogP contribution in [0.15, 0.2) is 60.9 Å². The van der Waals surface area contributed by atoms with Gasteiger partial charge in [-0.05, 0) is 61.6 Å². The van der Waals surface area contributed by atoms with Gasteiger partial charge in [0.1, 0.15) is 30.0 Å². The molecule has 0 radical (unpaired) electrons. The number of methoxy groups -OCH3 is 1. The predicted molar refractivity (Wildman–Crippen MR) is 136 cm³/mol. The molecule has 2 fully saturated rings. The van der Waals surface area contributed by atoms with Crippen molar-refractivity contribution in [3.05, 3.63) is 72.3 Å². The van der Waals surface area contributed by atoms with Crippen molar-refractivity contribution in [1.82, 2.24) is 14.5 Å². The molecule has 5 rings (SSSR count). The Bertz CT molecular complexity index is 1220. The molecule has 8 nitrogen and oxygen atoms in total. The molecule has 36 heavy (non-hydrogen) atoms. The number of carbonyl (C=O) groups is 2. The van der Waals surface area contributed by atoms with Gasteiger partial charge in [-0.2, -0.15) is 0 Å². The number of rotatable bonds is 7. The third-order valence-corrected chi connectivity index (χ3v) is 7.37. The quantitative estimate of drug-likeness (QED) is 0.532. The normalized spacial score (nSPS) is 21.1. The Hall–Kier alpha value is -3.81. The van der Waals surface area contributed by atoms with E-state index in [9.17, 15) is 9.59 Å². The first-order valence-electron chi connectivity index (χ1n) is 12.5. The van der Waals surface area contributed by atoms with Crippen molar-refractivity contribution in [3.63, 3.8) is 0 Å². The molecule has 1 aromatic heterocycles. The molecule has 1 saturated carbocycles. The second-order valence-corrected chi connectivity index (χ2v) is 9.53. The Balaban J connectivity index is 1.30. The molecule has 8 heteroatoms. The van der Waals surface area contributed by atoms with Crippen LogP contribution in [0.2, 0.25) is 0 Å². The molecule has 2 aliphatic rings. The van der Waals surface area contributed by atoms with Crippen molar-refractivity contribution in [2.24, 2.45) is 13.0 Å². The summed E-state index contributed by atoms with van der Waals surface area (Å²) in [6, 6.07) is 14.1. The highest BCUT2D eigenvalue weighted by molar-refractivity contribution is 6.03. The van der Waals surface area contributed by atoms with Crippen molar-refractivity contribution in [1.29, 1.82) is 0 Å². The van der Waals surface area contributed by atoms with Crippen LogP contribution in [0.4, 0.5) is 5.69 Å². The van der Waals surface area contributed by atoms with E-state index in [1.807, 2.05) is 59.1 Å². The number of benzene rings is 2. The largest absolute Gasteiger partial charge is 0.496 e. The zero-order chi connectivity index (χ0) is 25.1. The van der Waals surface area contributed by atoms with E-state index in [1.165, 1.54) is 0 Å². The number of hydrogen-bond donors (Lipinski definition) is 1. The Morgan fingerprint density at radius 3 is 2.61 bits per heavy atom. The van der Waals surface area contributed by atoms with Gasteiger partial charge >= 0.3 is 0 Å². The first-order chi connectivity index (χ1) is 17.5. The van der Waals surface area contributed by atoms with Crippen LogP contribution in [0.1, 0.15) is 48.3 Å². The van der Waals surface area contributed by atoms with Crippen LogP contribution in [0.5, 0.6) is 11.5 Å². The number of nitrogens with one attached hydrogen (secondary N) is 1. The van der Waals surface area contributed by atoms with Crippen molar-refractivity contribution in [2.75, 3.05) is 12.4 Å². The fourth-order valence-electron chi connectivity index (χ4n) is 5.49. The summed E-state index contributed by atoms with van der Waals surface area (Å²) >= 11 is 0. The van der Waals surface area contributed by atoms with Gasteiger partial charge in [-0.25, -0.2) is 4.98 Å². The Labute approximate surface area is 211 Å². The number of likely N-dealkylation sites (tertiary alicyclic amines) is 1. The molecule has 2 aromatic carbocycles. The van der Waals surface area contributed by atoms with E-state index in [1.54, 1.807) is 25.4 Å². The maximum Gasteiger partial charge on any atom is 0.258 e. The summed E-state index contributed by atoms with van der Waals surface area (Å²) in [4.78, 5) is 33.3. The van der Waals surface area contributed by atoms with Crippen LogP contribution in [0, 0.1) is 5.92 Å². The van der Waals surface area contributed by atoms with Gasteiger partial charge < -0.3 is 24.3 Å². The van der Waals surface area contributed by atoms with E-state index >= 15 is 0 Å². The highest BCUT2D eigenvalue weighted by atomic mass is 16.5. The number of nitrogens with zero attached hydrogens (tertiary/aromatic N) is 3. The molecular weight excluding hydrogens is 456 g/mol. The number of para-hydroxylation sites is 1. The summed E-state index contributed by atoms with van der Waals surface area (Å²) in [6.07, 6.45) is 8.49. The molecule has 1 aliphatic carbocycles. The average molecular weight is 489 g/mol. The van der Waals surface area contributed by atoms with E-state index in [4.69, 9.17) is 9.47 Å². The molecule has 1 aliphatic heterocycles. The minimum absolute atomic E-state index is 0.0776. The Kier molecular flexibility index (Phi) is 6.93. The summed E-state index contributed by atoms with van der Waals surface area (Å²) in [7, 11) is 3.48. The fourth-order valence-corrected chi connectivity index (χ4v) is 5.49. The minimum Gasteiger partial charge on any atom is -0.496 e. The monoisotopic (exact) mass is 488 g/mol. The van der Waals surface area contributed by atoms with Crippen LogP contribution in [0.25, 0.3) is 0 Å². The van der Waals surface area contributed by atoms with Crippen LogP contribution >= 0.6 is 0 Å². The smallest absolute Gasteiger partial charge is 0.258 e. The second-order valence-electron chi connectivity index (χ2n) is 9.53. The molecule has 3 atom stereocenters. The molecule has 2 heterocycles. The van der Waals surface area contributed by atoms with Crippen LogP contribution in [-0.4, -0.2) is 45.5 Å². The van der Waals surface area contributed by atoms with Crippen molar-refractivity contribution in [2.45, 2.75) is 50.8 Å². The van der Waals surface area contributed by atoms with E-state index < -0.39 is 6.04 Å². The van der Waals surface area contributed by atoms with E-state index in [0.29, 0.717) is 41.7 Å². The van der Waals surface area contributed by atoms with Crippen molar-refractivity contribution >= 4 is 17.5 Å². The summed E-state index contributed by atoms with van der Waals surface area (Å²) in [5.74, 6) is 2.09. The average Bonchev–Trinajstić information content (AvgIpc) is 3.51. The number of imidazole rings is 1. The molecule has 1 N–H and O–H groups in total. The molecule has 2 amide bonds. The van der Waals surface area contributed by atoms with Gasteiger partial charge in [0, 0.05) is 31.2 Å². The molecular formula is C28H32N4O4. The summed E-state index contributed by atoms with van der Waals surface area (Å²) in [5, 5.41) is 3.03. The van der Waals surface area contributed by atoms with Gasteiger partial charge in [0.05, 0.1) is 12.7 Å². The van der Waals surface area contributed by atoms with Gasteiger partial charge in [-0.15, -0.1) is 0 Å². The number of fused-ring (bicyclic) bond motifs is 1. The fraction of sp³-hybridized carbons (Fsp3) is 0.393. The highest BCUT2D eigenvalue weighted by Gasteiger charge is 2.48. The summed E-state index contributed by atoms with van der Waals surface area (Å²) in [5.41, 5.74) is 1.17. The van der Waals surface area contributed by atoms with E-state index in [-0.39, 0.29) is 17.9 Å². The summed E-state index contributed by atoms with van der Waals surface area (Å²) in [6.45, 7) is 0.361. The summed E-state index contributed by atoms with van der Waals surface area (Å²) < 4.78 is 13.2. The maximum absolute atomic E-state index is 13.7. The highest BCUT2D eigenvalue weighted by Crippen LogP contribution is 2.41. The van der Waals surface area contributed by atoms with Crippen molar-refractivity contribution in [3.8, 4) is 11.5 Å². The van der Waals surface area contributed by atoms with E-state index in [2.05, 4.69) is 10.3 Å². The Morgan fingerprint density at radius 1 is 1.08 bits per heavy atom. The van der Waals surface area contributed by atoms with Crippen LogP contribution in [0.3, 0.4) is 0 Å². The minimum atomic E-state index is -0.519. The zero-order valence-corrected chi connectivity index (χ0v) is 20.7. The zero-order valence-electron chi connectivity index (χ0n) is 20.7. The third kappa shape index (κ3) is 4.80. The molecule has 1 saturated heterocycles. The molecule has 3 unspecified atom stereocenters. The van der Waals surface area contributed by atoms with Crippen LogP contribution < -0.4 is 14.8 Å². The number of aromatic nitrogens is 2. The molecule has 3 aromatic rings. The lowest BCUT2D eigenvalue weighted by Crippen LogP contribution is -2.47. The molecule has 0 bridgehead atoms. The number of ether oxygens (including phenoxy) is 2. The lowest BCUT2D eigenvalue weighted by Gasteiger charge is -2.34. The number of aryl methyl sites for hydroxylation is 1. The lowest BCUT2D eigenvalue weighted by atomic mass is 9.84. The SMILES string of the molecule is COc1ccccc1C(=O)N1C(C(=O)Nc2ccc(OCc3nccn3C)cc2)CC2CCCCC21. The number of amides is 2. The number of carbonyl (C=O) groups excluding carboxylic acids is 2. The second kappa shape index (κ2) is 10.4. The van der Waals surface area contributed by atoms with Gasteiger partial charge in [0.25, 0.3) is 5.91 Å². The Morgan fingerprint density at radius 2 is 1.86 bits per heavy atom.